The summed E-state index contributed by atoms with van der Waals surface area (Å²) in [5.41, 5.74) is 1.42. The number of fused-ring (bicyclic) bond motifs is 1. The molecule has 2 heterocycles. The van der Waals surface area contributed by atoms with Crippen LogP contribution in [0.5, 0.6) is 0 Å². The highest BCUT2D eigenvalue weighted by Gasteiger charge is 2.70. The molecule has 0 bridgehead atoms. The molecule has 0 radical (unpaired) electrons. The third-order valence-electron chi connectivity index (χ3n) is 2.82. The summed E-state index contributed by atoms with van der Waals surface area (Å²) in [6.07, 6.45) is 0. The monoisotopic (exact) mass is 156 g/mol. The Kier molecular flexibility index (Phi) is 0.922. The summed E-state index contributed by atoms with van der Waals surface area (Å²) >= 11 is 1.91. The maximum atomic E-state index is 5.68. The molecule has 0 spiro atoms. The normalized spacial score (nSPS) is 50.8. The fourth-order valence-electron chi connectivity index (χ4n) is 1.60. The van der Waals surface area contributed by atoms with Gasteiger partial charge in [-0.15, -0.1) is 0 Å². The van der Waals surface area contributed by atoms with Crippen LogP contribution >= 0.6 is 11.8 Å². The summed E-state index contributed by atoms with van der Waals surface area (Å²) in [4.78, 5) is 0.0845. The SMILES string of the molecule is CC1=C(C)C2(C)SC2(C)O1. The van der Waals surface area contributed by atoms with Gasteiger partial charge in [0, 0.05) is 0 Å². The van der Waals surface area contributed by atoms with Gasteiger partial charge in [-0.25, -0.2) is 0 Å². The van der Waals surface area contributed by atoms with Crippen LogP contribution in [0, 0.1) is 0 Å². The van der Waals surface area contributed by atoms with E-state index in [1.807, 2.05) is 11.8 Å². The van der Waals surface area contributed by atoms with Crippen LogP contribution in [0.3, 0.4) is 0 Å². The zero-order valence-electron chi connectivity index (χ0n) is 6.82. The number of ether oxygens (including phenoxy) is 1. The summed E-state index contributed by atoms with van der Waals surface area (Å²) < 4.78 is 5.98. The minimum Gasteiger partial charge on any atom is -0.480 e. The molecular weight excluding hydrogens is 144 g/mol. The van der Waals surface area contributed by atoms with Crippen LogP contribution in [-0.4, -0.2) is 9.68 Å². The zero-order valence-corrected chi connectivity index (χ0v) is 7.63. The summed E-state index contributed by atoms with van der Waals surface area (Å²) in [5.74, 6) is 1.13. The van der Waals surface area contributed by atoms with E-state index in [9.17, 15) is 0 Å². The first kappa shape index (κ1) is 6.59. The molecule has 2 atom stereocenters. The van der Waals surface area contributed by atoms with E-state index in [0.717, 1.165) is 5.76 Å². The van der Waals surface area contributed by atoms with Crippen molar-refractivity contribution in [2.24, 2.45) is 0 Å². The van der Waals surface area contributed by atoms with Gasteiger partial charge in [-0.1, -0.05) is 11.8 Å². The second-order valence-electron chi connectivity index (χ2n) is 3.36. The first-order valence-corrected chi connectivity index (χ1v) is 4.38. The number of hydrogen-bond acceptors (Lipinski definition) is 2. The molecule has 0 aromatic rings. The fraction of sp³-hybridized carbons (Fsp3) is 0.750. The van der Waals surface area contributed by atoms with Crippen molar-refractivity contribution in [3.63, 3.8) is 0 Å². The zero-order chi connectivity index (χ0) is 7.57. The molecule has 2 aliphatic heterocycles. The van der Waals surface area contributed by atoms with Crippen molar-refractivity contribution in [2.45, 2.75) is 37.4 Å². The smallest absolute Gasteiger partial charge is 0.170 e. The van der Waals surface area contributed by atoms with Crippen molar-refractivity contribution >= 4 is 11.8 Å². The Morgan fingerprint density at radius 2 is 1.90 bits per heavy atom. The van der Waals surface area contributed by atoms with Gasteiger partial charge in [0.05, 0.1) is 10.5 Å². The van der Waals surface area contributed by atoms with Crippen LogP contribution in [-0.2, 0) is 4.74 Å². The Labute approximate surface area is 65.8 Å². The Balaban J connectivity index is 2.42. The Hall–Kier alpha value is -0.110. The van der Waals surface area contributed by atoms with E-state index >= 15 is 0 Å². The molecule has 0 aromatic carbocycles. The van der Waals surface area contributed by atoms with Crippen LogP contribution in [0.2, 0.25) is 0 Å². The lowest BCUT2D eigenvalue weighted by Gasteiger charge is -2.06. The number of hydrogen-bond donors (Lipinski definition) is 0. The molecule has 2 rings (SSSR count). The topological polar surface area (TPSA) is 9.23 Å². The van der Waals surface area contributed by atoms with Gasteiger partial charge in [-0.05, 0) is 33.3 Å². The van der Waals surface area contributed by atoms with Gasteiger partial charge in [0.1, 0.15) is 0 Å². The summed E-state index contributed by atoms with van der Waals surface area (Å²) in [6.45, 7) is 8.64. The first-order valence-electron chi connectivity index (χ1n) is 3.57. The lowest BCUT2D eigenvalue weighted by atomic mass is 10.00. The molecule has 0 saturated carbocycles. The Bertz CT molecular complexity index is 233. The van der Waals surface area contributed by atoms with E-state index in [0.29, 0.717) is 4.75 Å². The molecule has 2 aliphatic rings. The predicted molar refractivity (Wildman–Crippen MR) is 43.9 cm³/mol. The standard InChI is InChI=1S/C8H12OS/c1-5-6(2)9-8(4)7(5,3)10-8/h1-4H3. The number of allylic oxidation sites excluding steroid dienone is 1. The quantitative estimate of drug-likeness (QED) is 0.498. The van der Waals surface area contributed by atoms with Gasteiger partial charge in [0.25, 0.3) is 0 Å². The van der Waals surface area contributed by atoms with Crippen LogP contribution < -0.4 is 0 Å². The highest BCUT2D eigenvalue weighted by atomic mass is 32.2. The van der Waals surface area contributed by atoms with E-state index < -0.39 is 0 Å². The molecule has 0 aliphatic carbocycles. The molecule has 0 N–H and O–H groups in total. The molecule has 1 saturated heterocycles. The fourth-order valence-corrected chi connectivity index (χ4v) is 2.99. The summed E-state index contributed by atoms with van der Waals surface area (Å²) in [5, 5.41) is 0. The highest BCUT2D eigenvalue weighted by molar-refractivity contribution is 8.09. The average Bonchev–Trinajstić information content (AvgIpc) is 2.29. The highest BCUT2D eigenvalue weighted by Crippen LogP contribution is 2.72. The summed E-state index contributed by atoms with van der Waals surface area (Å²) in [7, 11) is 0. The van der Waals surface area contributed by atoms with Gasteiger partial charge >= 0.3 is 0 Å². The van der Waals surface area contributed by atoms with Crippen molar-refractivity contribution in [3.8, 4) is 0 Å². The minimum absolute atomic E-state index is 0.0845. The molecule has 1 fully saturated rings. The third-order valence-corrected chi connectivity index (χ3v) is 4.60. The van der Waals surface area contributed by atoms with E-state index in [-0.39, 0.29) is 4.93 Å². The van der Waals surface area contributed by atoms with Crippen molar-refractivity contribution in [3.05, 3.63) is 11.3 Å². The largest absolute Gasteiger partial charge is 0.480 e. The first-order chi connectivity index (χ1) is 4.50. The minimum atomic E-state index is 0.0845. The van der Waals surface area contributed by atoms with Gasteiger partial charge in [-0.3, -0.25) is 0 Å². The van der Waals surface area contributed by atoms with Gasteiger partial charge in [-0.2, -0.15) is 0 Å². The average molecular weight is 156 g/mol. The van der Waals surface area contributed by atoms with E-state index in [1.54, 1.807) is 0 Å². The summed E-state index contributed by atoms with van der Waals surface area (Å²) in [6, 6.07) is 0. The Morgan fingerprint density at radius 1 is 1.30 bits per heavy atom. The maximum absolute atomic E-state index is 5.68. The molecule has 0 aromatic heterocycles. The number of rotatable bonds is 0. The number of thioether (sulfide) groups is 1. The van der Waals surface area contributed by atoms with E-state index in [1.165, 1.54) is 5.57 Å². The van der Waals surface area contributed by atoms with E-state index in [4.69, 9.17) is 4.74 Å². The van der Waals surface area contributed by atoms with Crippen molar-refractivity contribution in [2.75, 3.05) is 0 Å². The van der Waals surface area contributed by atoms with Crippen LogP contribution in [0.1, 0.15) is 27.7 Å². The molecule has 10 heavy (non-hydrogen) atoms. The molecular formula is C8H12OS. The van der Waals surface area contributed by atoms with E-state index in [2.05, 4.69) is 27.7 Å². The lowest BCUT2D eigenvalue weighted by molar-refractivity contribution is 0.144. The van der Waals surface area contributed by atoms with Gasteiger partial charge < -0.3 is 4.74 Å². The predicted octanol–water partition coefficient (Wildman–Crippen LogP) is 2.53. The molecule has 0 amide bonds. The van der Waals surface area contributed by atoms with Crippen molar-refractivity contribution in [1.82, 2.24) is 0 Å². The van der Waals surface area contributed by atoms with Crippen molar-refractivity contribution in [1.29, 1.82) is 0 Å². The third kappa shape index (κ3) is 0.482. The van der Waals surface area contributed by atoms with Crippen LogP contribution in [0.4, 0.5) is 0 Å². The second-order valence-corrected chi connectivity index (χ2v) is 5.16. The molecule has 56 valence electrons. The second kappa shape index (κ2) is 1.40. The van der Waals surface area contributed by atoms with Crippen molar-refractivity contribution < 1.29 is 4.74 Å². The Morgan fingerprint density at radius 3 is 2.10 bits per heavy atom. The van der Waals surface area contributed by atoms with Gasteiger partial charge in [0.2, 0.25) is 0 Å². The molecule has 1 nitrogen and oxygen atoms in total. The van der Waals surface area contributed by atoms with Gasteiger partial charge in [0.15, 0.2) is 4.93 Å². The maximum Gasteiger partial charge on any atom is 0.170 e. The van der Waals surface area contributed by atoms with Crippen LogP contribution in [0.25, 0.3) is 0 Å². The molecule has 2 heteroatoms. The molecule has 2 unspecified atom stereocenters. The lowest BCUT2D eigenvalue weighted by Crippen LogP contribution is -2.15. The van der Waals surface area contributed by atoms with Crippen LogP contribution in [0.15, 0.2) is 11.3 Å².